The Bertz CT molecular complexity index is 604. The second-order valence-corrected chi connectivity index (χ2v) is 4.70. The smallest absolute Gasteiger partial charge is 0.230 e. The molecule has 0 atom stereocenters. The molecular formula is C10H9N3O2S2. The SMILES string of the molecule is COc1cccc(/C=N/c2n[nH]c(=S)s2)c1O. The number of methoxy groups -OCH3 is 1. The Morgan fingerprint density at radius 2 is 2.41 bits per heavy atom. The molecule has 0 saturated carbocycles. The third-order valence-corrected chi connectivity index (χ3v) is 2.99. The molecule has 2 N–H and O–H groups in total. The molecule has 0 aliphatic rings. The number of ether oxygens (including phenoxy) is 1. The Hall–Kier alpha value is -1.73. The van der Waals surface area contributed by atoms with Gasteiger partial charge in [0.05, 0.1) is 7.11 Å². The van der Waals surface area contributed by atoms with Crippen LogP contribution in [-0.4, -0.2) is 28.6 Å². The lowest BCUT2D eigenvalue weighted by atomic mass is 10.2. The van der Waals surface area contributed by atoms with Gasteiger partial charge in [-0.05, 0) is 24.4 Å². The first kappa shape index (κ1) is 11.7. The molecule has 1 heterocycles. The van der Waals surface area contributed by atoms with E-state index < -0.39 is 0 Å². The summed E-state index contributed by atoms with van der Waals surface area (Å²) in [7, 11) is 1.50. The van der Waals surface area contributed by atoms with Gasteiger partial charge in [-0.3, -0.25) is 5.10 Å². The number of aromatic nitrogens is 2. The molecule has 88 valence electrons. The summed E-state index contributed by atoms with van der Waals surface area (Å²) in [6.45, 7) is 0. The number of phenolic OH excluding ortho intramolecular Hbond substituents is 1. The number of aliphatic imine (C=N–C) groups is 1. The number of hydrogen-bond acceptors (Lipinski definition) is 6. The van der Waals surface area contributed by atoms with Gasteiger partial charge in [-0.25, -0.2) is 4.99 Å². The molecule has 0 bridgehead atoms. The van der Waals surface area contributed by atoms with Crippen molar-refractivity contribution in [2.75, 3.05) is 7.11 Å². The van der Waals surface area contributed by atoms with E-state index in [-0.39, 0.29) is 5.75 Å². The number of aromatic amines is 1. The maximum Gasteiger partial charge on any atom is 0.230 e. The minimum absolute atomic E-state index is 0.0536. The third-order valence-electron chi connectivity index (χ3n) is 1.99. The number of nitrogens with zero attached hydrogens (tertiary/aromatic N) is 2. The molecular weight excluding hydrogens is 258 g/mol. The van der Waals surface area contributed by atoms with E-state index in [9.17, 15) is 5.11 Å². The van der Waals surface area contributed by atoms with Gasteiger partial charge in [0.15, 0.2) is 15.5 Å². The Balaban J connectivity index is 2.30. The summed E-state index contributed by atoms with van der Waals surface area (Å²) >= 11 is 6.15. The quantitative estimate of drug-likeness (QED) is 0.662. The van der Waals surface area contributed by atoms with E-state index in [2.05, 4.69) is 15.2 Å². The highest BCUT2D eigenvalue weighted by Crippen LogP contribution is 2.28. The Morgan fingerprint density at radius 1 is 1.59 bits per heavy atom. The number of rotatable bonds is 3. The van der Waals surface area contributed by atoms with Gasteiger partial charge < -0.3 is 9.84 Å². The van der Waals surface area contributed by atoms with E-state index in [1.54, 1.807) is 18.2 Å². The van der Waals surface area contributed by atoms with Crippen molar-refractivity contribution < 1.29 is 9.84 Å². The highest BCUT2D eigenvalue weighted by molar-refractivity contribution is 7.73. The summed E-state index contributed by atoms with van der Waals surface area (Å²) in [6, 6.07) is 5.17. The molecule has 7 heteroatoms. The van der Waals surface area contributed by atoms with Gasteiger partial charge >= 0.3 is 0 Å². The lowest BCUT2D eigenvalue weighted by Gasteiger charge is -2.04. The van der Waals surface area contributed by atoms with E-state index in [0.717, 1.165) is 0 Å². The fourth-order valence-corrected chi connectivity index (χ4v) is 1.93. The first-order valence-corrected chi connectivity index (χ1v) is 5.88. The highest BCUT2D eigenvalue weighted by Gasteiger charge is 2.04. The molecule has 0 radical (unpaired) electrons. The first-order valence-electron chi connectivity index (χ1n) is 4.66. The maximum atomic E-state index is 9.81. The van der Waals surface area contributed by atoms with Crippen molar-refractivity contribution in [3.63, 3.8) is 0 Å². The monoisotopic (exact) mass is 267 g/mol. The summed E-state index contributed by atoms with van der Waals surface area (Å²) in [4.78, 5) is 4.10. The zero-order valence-corrected chi connectivity index (χ0v) is 10.5. The van der Waals surface area contributed by atoms with Gasteiger partial charge in [-0.1, -0.05) is 17.4 Å². The van der Waals surface area contributed by atoms with Crippen molar-refractivity contribution >= 4 is 34.9 Å². The zero-order valence-electron chi connectivity index (χ0n) is 8.88. The van der Waals surface area contributed by atoms with Crippen LogP contribution in [0.5, 0.6) is 11.5 Å². The second kappa shape index (κ2) is 5.07. The normalized spacial score (nSPS) is 10.9. The summed E-state index contributed by atoms with van der Waals surface area (Å²) < 4.78 is 5.56. The van der Waals surface area contributed by atoms with E-state index >= 15 is 0 Å². The molecule has 17 heavy (non-hydrogen) atoms. The molecule has 0 aliphatic heterocycles. The topological polar surface area (TPSA) is 70.5 Å². The number of nitrogens with one attached hydrogen (secondary N) is 1. The third kappa shape index (κ3) is 2.69. The molecule has 2 rings (SSSR count). The van der Waals surface area contributed by atoms with E-state index in [1.807, 2.05) is 0 Å². The molecule has 0 aliphatic carbocycles. The minimum Gasteiger partial charge on any atom is -0.504 e. The molecule has 5 nitrogen and oxygen atoms in total. The molecule has 0 unspecified atom stereocenters. The van der Waals surface area contributed by atoms with E-state index in [0.29, 0.717) is 20.4 Å². The zero-order chi connectivity index (χ0) is 12.3. The van der Waals surface area contributed by atoms with Crippen molar-refractivity contribution in [1.29, 1.82) is 0 Å². The van der Waals surface area contributed by atoms with Gasteiger partial charge in [-0.2, -0.15) is 0 Å². The van der Waals surface area contributed by atoms with Gasteiger partial charge in [0, 0.05) is 11.8 Å². The Morgan fingerprint density at radius 3 is 3.06 bits per heavy atom. The van der Waals surface area contributed by atoms with Crippen LogP contribution in [0.25, 0.3) is 0 Å². The lowest BCUT2D eigenvalue weighted by molar-refractivity contribution is 0.373. The average Bonchev–Trinajstić information content (AvgIpc) is 2.74. The predicted octanol–water partition coefficient (Wildman–Crippen LogP) is 2.67. The fourth-order valence-electron chi connectivity index (χ4n) is 1.21. The largest absolute Gasteiger partial charge is 0.504 e. The lowest BCUT2D eigenvalue weighted by Crippen LogP contribution is -1.87. The Labute approximate surface area is 106 Å². The number of phenols is 1. The second-order valence-electron chi connectivity index (χ2n) is 3.05. The van der Waals surface area contributed by atoms with Crippen LogP contribution >= 0.6 is 23.6 Å². The molecule has 0 amide bonds. The number of benzene rings is 1. The van der Waals surface area contributed by atoms with E-state index in [1.165, 1.54) is 24.7 Å². The van der Waals surface area contributed by atoms with E-state index in [4.69, 9.17) is 17.0 Å². The summed E-state index contributed by atoms with van der Waals surface area (Å²) in [5.41, 5.74) is 0.561. The minimum atomic E-state index is 0.0536. The average molecular weight is 267 g/mol. The van der Waals surface area contributed by atoms with Crippen molar-refractivity contribution in [3.8, 4) is 11.5 Å². The number of para-hydroxylation sites is 1. The first-order chi connectivity index (χ1) is 8.20. The van der Waals surface area contributed by atoms with Crippen LogP contribution < -0.4 is 4.74 Å². The standard InChI is InChI=1S/C10H9N3O2S2/c1-15-7-4-2-3-6(8(7)14)5-11-9-12-13-10(16)17-9/h2-5,14H,1H3,(H,13,16)/b11-5+. The van der Waals surface area contributed by atoms with Gasteiger partial charge in [0.1, 0.15) is 0 Å². The summed E-state index contributed by atoms with van der Waals surface area (Å²) in [5, 5.41) is 16.8. The van der Waals surface area contributed by atoms with Crippen molar-refractivity contribution in [3.05, 3.63) is 27.7 Å². The van der Waals surface area contributed by atoms with Crippen LogP contribution in [0.3, 0.4) is 0 Å². The fraction of sp³-hybridized carbons (Fsp3) is 0.100. The number of H-pyrrole nitrogens is 1. The molecule has 0 saturated heterocycles. The Kier molecular flexibility index (Phi) is 3.50. The van der Waals surface area contributed by atoms with Gasteiger partial charge in [-0.15, -0.1) is 5.10 Å². The van der Waals surface area contributed by atoms with Crippen LogP contribution in [0, 0.1) is 3.95 Å². The number of hydrogen-bond donors (Lipinski definition) is 2. The van der Waals surface area contributed by atoms with Crippen LogP contribution in [0.4, 0.5) is 5.13 Å². The van der Waals surface area contributed by atoms with Crippen molar-refractivity contribution in [2.45, 2.75) is 0 Å². The molecule has 1 aromatic carbocycles. The molecule has 0 spiro atoms. The highest BCUT2D eigenvalue weighted by atomic mass is 32.1. The van der Waals surface area contributed by atoms with Gasteiger partial charge in [0.2, 0.25) is 5.13 Å². The van der Waals surface area contributed by atoms with Crippen LogP contribution in [0.2, 0.25) is 0 Å². The van der Waals surface area contributed by atoms with Crippen LogP contribution in [0.15, 0.2) is 23.2 Å². The van der Waals surface area contributed by atoms with Gasteiger partial charge in [0.25, 0.3) is 0 Å². The van der Waals surface area contributed by atoms with Crippen LogP contribution in [0.1, 0.15) is 5.56 Å². The van der Waals surface area contributed by atoms with Crippen LogP contribution in [-0.2, 0) is 0 Å². The van der Waals surface area contributed by atoms with Crippen molar-refractivity contribution in [1.82, 2.24) is 10.2 Å². The maximum absolute atomic E-state index is 9.81. The number of aromatic hydroxyl groups is 1. The summed E-state index contributed by atoms with van der Waals surface area (Å²) in [6.07, 6.45) is 1.51. The molecule has 2 aromatic rings. The summed E-state index contributed by atoms with van der Waals surface area (Å²) in [5.74, 6) is 0.460. The van der Waals surface area contributed by atoms with Crippen molar-refractivity contribution in [2.24, 2.45) is 4.99 Å². The molecule has 1 aromatic heterocycles. The predicted molar refractivity (Wildman–Crippen MR) is 69.2 cm³/mol. The molecule has 0 fully saturated rings.